The molecule has 5 rings (SSSR count). The highest BCUT2D eigenvalue weighted by Gasteiger charge is 2.37. The van der Waals surface area contributed by atoms with Crippen molar-refractivity contribution in [1.82, 2.24) is 25.0 Å². The largest absolute Gasteiger partial charge is 0.335 e. The zero-order valence-electron chi connectivity index (χ0n) is 19.6. The Morgan fingerprint density at radius 1 is 0.909 bits per heavy atom. The monoisotopic (exact) mass is 447 g/mol. The number of pyridine rings is 1. The van der Waals surface area contributed by atoms with Crippen LogP contribution in [0.1, 0.15) is 48.2 Å². The summed E-state index contributed by atoms with van der Waals surface area (Å²) >= 11 is 0. The minimum absolute atomic E-state index is 0.0422. The van der Waals surface area contributed by atoms with E-state index in [2.05, 4.69) is 55.3 Å². The number of benzene rings is 1. The van der Waals surface area contributed by atoms with Crippen LogP contribution < -0.4 is 5.32 Å². The van der Waals surface area contributed by atoms with E-state index in [-0.39, 0.29) is 12.1 Å². The summed E-state index contributed by atoms with van der Waals surface area (Å²) in [5.74, 6) is 0.546. The summed E-state index contributed by atoms with van der Waals surface area (Å²) in [5, 5.41) is 3.32. The fourth-order valence-corrected chi connectivity index (χ4v) is 5.51. The molecule has 2 aliphatic heterocycles. The second-order valence-corrected chi connectivity index (χ2v) is 9.89. The lowest BCUT2D eigenvalue weighted by atomic mass is 10.0. The van der Waals surface area contributed by atoms with Crippen LogP contribution in [0.2, 0.25) is 0 Å². The number of carbonyl (C=O) groups excluding carboxylic acids is 1. The van der Waals surface area contributed by atoms with E-state index in [4.69, 9.17) is 0 Å². The number of hydrogen-bond donors (Lipinski definition) is 1. The molecule has 0 bridgehead atoms. The molecule has 3 heterocycles. The Hall–Kier alpha value is -2.28. The molecule has 6 heteroatoms. The van der Waals surface area contributed by atoms with Crippen LogP contribution in [0.5, 0.6) is 0 Å². The summed E-state index contributed by atoms with van der Waals surface area (Å²) < 4.78 is 0. The first-order chi connectivity index (χ1) is 16.3. The molecular formula is C27H37N5O. The standard InChI is InChI=1S/C27H37N5O/c33-27(25-9-4-5-14-28-25)29-26(23-10-11-23)32-16-6-15-31(19-20-32)24-12-17-30(18-13-24)21-22-7-2-1-3-8-22/h1-5,7-9,14,23-24,26H,6,10-13,15-21H2,(H,29,33). The first-order valence-corrected chi connectivity index (χ1v) is 12.7. The number of piperidine rings is 1. The van der Waals surface area contributed by atoms with Gasteiger partial charge in [-0.15, -0.1) is 0 Å². The SMILES string of the molecule is O=C(NC(C1CC1)N1CCCN(C2CCN(Cc3ccccc3)CC2)CC1)c1ccccn1. The Balaban J connectivity index is 1.12. The number of rotatable bonds is 7. The first kappa shape index (κ1) is 22.5. The highest BCUT2D eigenvalue weighted by atomic mass is 16.2. The summed E-state index contributed by atoms with van der Waals surface area (Å²) in [7, 11) is 0. The average Bonchev–Trinajstić information content (AvgIpc) is 3.72. The van der Waals surface area contributed by atoms with Gasteiger partial charge in [0.1, 0.15) is 5.69 Å². The third-order valence-corrected chi connectivity index (χ3v) is 7.53. The van der Waals surface area contributed by atoms with E-state index in [1.165, 1.54) is 57.3 Å². The quantitative estimate of drug-likeness (QED) is 0.706. The van der Waals surface area contributed by atoms with E-state index in [1.54, 1.807) is 12.3 Å². The lowest BCUT2D eigenvalue weighted by Gasteiger charge is -2.38. The van der Waals surface area contributed by atoms with Crippen LogP contribution in [0, 0.1) is 5.92 Å². The van der Waals surface area contributed by atoms with E-state index in [0.717, 1.165) is 26.2 Å². The molecule has 1 atom stereocenters. The van der Waals surface area contributed by atoms with Crippen LogP contribution in [0.3, 0.4) is 0 Å². The van der Waals surface area contributed by atoms with Gasteiger partial charge < -0.3 is 5.32 Å². The molecule has 2 aromatic rings. The van der Waals surface area contributed by atoms with Crippen molar-refractivity contribution in [1.29, 1.82) is 0 Å². The number of nitrogens with one attached hydrogen (secondary N) is 1. The van der Waals surface area contributed by atoms with Crippen molar-refractivity contribution < 1.29 is 4.79 Å². The smallest absolute Gasteiger partial charge is 0.271 e. The Morgan fingerprint density at radius 3 is 2.42 bits per heavy atom. The maximum absolute atomic E-state index is 12.8. The number of aromatic nitrogens is 1. The fraction of sp³-hybridized carbons (Fsp3) is 0.556. The third-order valence-electron chi connectivity index (χ3n) is 7.53. The van der Waals surface area contributed by atoms with Gasteiger partial charge in [0, 0.05) is 38.4 Å². The van der Waals surface area contributed by atoms with E-state index in [9.17, 15) is 4.79 Å². The van der Waals surface area contributed by atoms with E-state index >= 15 is 0 Å². The summed E-state index contributed by atoms with van der Waals surface area (Å²) in [6.45, 7) is 7.81. The molecule has 6 nitrogen and oxygen atoms in total. The average molecular weight is 448 g/mol. The Labute approximate surface area is 198 Å². The number of amides is 1. The van der Waals surface area contributed by atoms with Gasteiger partial charge >= 0.3 is 0 Å². The number of hydrogen-bond acceptors (Lipinski definition) is 5. The van der Waals surface area contributed by atoms with E-state index in [1.807, 2.05) is 12.1 Å². The molecule has 3 fully saturated rings. The molecule has 0 radical (unpaired) electrons. The van der Waals surface area contributed by atoms with Gasteiger partial charge in [-0.3, -0.25) is 24.5 Å². The Bertz CT molecular complexity index is 880. The minimum atomic E-state index is -0.0422. The summed E-state index contributed by atoms with van der Waals surface area (Å²) in [6, 6.07) is 17.1. The van der Waals surface area contributed by atoms with Crippen molar-refractivity contribution in [2.75, 3.05) is 39.3 Å². The van der Waals surface area contributed by atoms with Gasteiger partial charge in [-0.1, -0.05) is 36.4 Å². The van der Waals surface area contributed by atoms with Crippen molar-refractivity contribution in [2.24, 2.45) is 5.92 Å². The third kappa shape index (κ3) is 5.99. The molecule has 176 valence electrons. The molecule has 1 amide bonds. The minimum Gasteiger partial charge on any atom is -0.335 e. The van der Waals surface area contributed by atoms with E-state index < -0.39 is 0 Å². The normalized spacial score (nSPS) is 22.5. The highest BCUT2D eigenvalue weighted by Crippen LogP contribution is 2.35. The maximum atomic E-state index is 12.8. The molecule has 3 aliphatic rings. The lowest BCUT2D eigenvalue weighted by molar-refractivity contribution is 0.0795. The Kier molecular flexibility index (Phi) is 7.34. The van der Waals surface area contributed by atoms with Crippen LogP contribution in [0.4, 0.5) is 0 Å². The molecule has 2 saturated heterocycles. The number of likely N-dealkylation sites (tertiary alicyclic amines) is 1. The predicted molar refractivity (Wildman–Crippen MR) is 131 cm³/mol. The van der Waals surface area contributed by atoms with Gasteiger partial charge in [0.05, 0.1) is 6.17 Å². The van der Waals surface area contributed by atoms with E-state index in [0.29, 0.717) is 17.7 Å². The predicted octanol–water partition coefficient (Wildman–Crippen LogP) is 3.22. The number of nitrogens with zero attached hydrogens (tertiary/aromatic N) is 4. The van der Waals surface area contributed by atoms with Crippen molar-refractivity contribution in [2.45, 2.75) is 50.9 Å². The number of carbonyl (C=O) groups is 1. The second-order valence-electron chi connectivity index (χ2n) is 9.89. The summed E-state index contributed by atoms with van der Waals surface area (Å²) in [4.78, 5) is 24.9. The summed E-state index contributed by atoms with van der Waals surface area (Å²) in [5.41, 5.74) is 1.93. The molecule has 1 aromatic heterocycles. The van der Waals surface area contributed by atoms with Crippen LogP contribution in [-0.4, -0.2) is 77.1 Å². The first-order valence-electron chi connectivity index (χ1n) is 12.7. The molecule has 33 heavy (non-hydrogen) atoms. The molecule has 1 aromatic carbocycles. The van der Waals surface area contributed by atoms with Crippen molar-refractivity contribution in [3.8, 4) is 0 Å². The lowest BCUT2D eigenvalue weighted by Crippen LogP contribution is -2.51. The fourth-order valence-electron chi connectivity index (χ4n) is 5.51. The van der Waals surface area contributed by atoms with Gasteiger partial charge in [0.25, 0.3) is 5.91 Å². The zero-order chi connectivity index (χ0) is 22.5. The van der Waals surface area contributed by atoms with Crippen LogP contribution in [-0.2, 0) is 6.54 Å². The molecule has 1 saturated carbocycles. The summed E-state index contributed by atoms with van der Waals surface area (Å²) in [6.07, 6.45) is 7.96. The Morgan fingerprint density at radius 2 is 1.70 bits per heavy atom. The molecule has 1 N–H and O–H groups in total. The van der Waals surface area contributed by atoms with Gasteiger partial charge in [0.2, 0.25) is 0 Å². The van der Waals surface area contributed by atoms with Crippen molar-refractivity contribution >= 4 is 5.91 Å². The van der Waals surface area contributed by atoms with Gasteiger partial charge in [0.15, 0.2) is 0 Å². The second kappa shape index (κ2) is 10.8. The molecule has 0 spiro atoms. The molecule has 1 aliphatic carbocycles. The zero-order valence-corrected chi connectivity index (χ0v) is 19.6. The van der Waals surface area contributed by atoms with Gasteiger partial charge in [-0.2, -0.15) is 0 Å². The molecular weight excluding hydrogens is 410 g/mol. The highest BCUT2D eigenvalue weighted by molar-refractivity contribution is 5.92. The van der Waals surface area contributed by atoms with Crippen molar-refractivity contribution in [3.05, 3.63) is 66.0 Å². The van der Waals surface area contributed by atoms with Gasteiger partial charge in [-0.25, -0.2) is 0 Å². The van der Waals surface area contributed by atoms with Crippen molar-refractivity contribution in [3.63, 3.8) is 0 Å². The molecule has 1 unspecified atom stereocenters. The van der Waals surface area contributed by atoms with Crippen LogP contribution >= 0.6 is 0 Å². The topological polar surface area (TPSA) is 51.7 Å². The van der Waals surface area contributed by atoms with Crippen LogP contribution in [0.15, 0.2) is 54.7 Å². The van der Waals surface area contributed by atoms with Crippen LogP contribution in [0.25, 0.3) is 0 Å². The maximum Gasteiger partial charge on any atom is 0.271 e. The van der Waals surface area contributed by atoms with Gasteiger partial charge in [-0.05, 0) is 75.4 Å².